The van der Waals surface area contributed by atoms with Crippen LogP contribution in [0.4, 0.5) is 0 Å². The first-order chi connectivity index (χ1) is 8.33. The lowest BCUT2D eigenvalue weighted by atomic mass is 10.0. The van der Waals surface area contributed by atoms with E-state index in [0.717, 1.165) is 24.0 Å². The molecule has 1 aromatic heterocycles. The van der Waals surface area contributed by atoms with Crippen LogP contribution in [0.2, 0.25) is 0 Å². The average molecular weight is 224 g/mol. The van der Waals surface area contributed by atoms with E-state index < -0.39 is 0 Å². The summed E-state index contributed by atoms with van der Waals surface area (Å²) in [4.78, 5) is 4.41. The van der Waals surface area contributed by atoms with Gasteiger partial charge in [-0.15, -0.1) is 0 Å². The van der Waals surface area contributed by atoms with Crippen LogP contribution in [0.1, 0.15) is 17.5 Å². The molecule has 17 heavy (non-hydrogen) atoms. The summed E-state index contributed by atoms with van der Waals surface area (Å²) in [6.45, 7) is 3.01. The van der Waals surface area contributed by atoms with Crippen LogP contribution in [0, 0.1) is 18.8 Å². The van der Waals surface area contributed by atoms with Crippen LogP contribution in [0.3, 0.4) is 0 Å². The highest BCUT2D eigenvalue weighted by atomic mass is 14.8. The fraction of sp³-hybridized carbons (Fsp3) is 0.267. The van der Waals surface area contributed by atoms with Crippen molar-refractivity contribution < 1.29 is 0 Å². The van der Waals surface area contributed by atoms with E-state index in [9.17, 15) is 0 Å². The van der Waals surface area contributed by atoms with Crippen LogP contribution < -0.4 is 5.32 Å². The summed E-state index contributed by atoms with van der Waals surface area (Å²) in [6.07, 6.45) is 2.70. The van der Waals surface area contributed by atoms with Crippen LogP contribution in [0.25, 0.3) is 10.9 Å². The second kappa shape index (κ2) is 5.47. The van der Waals surface area contributed by atoms with Crippen molar-refractivity contribution in [2.75, 3.05) is 13.6 Å². The summed E-state index contributed by atoms with van der Waals surface area (Å²) in [5.41, 5.74) is 3.29. The standard InChI is InChI=1S/C15H16N2/c1-12-13(6-3-4-10-16-2)8-9-14-7-5-11-17-15(12)14/h5,7-9,11,16H,4,10H2,1-2H3. The molecule has 2 nitrogen and oxygen atoms in total. The second-order valence-corrected chi connectivity index (χ2v) is 3.97. The smallest absolute Gasteiger partial charge is 0.0743 e. The van der Waals surface area contributed by atoms with Gasteiger partial charge in [0.25, 0.3) is 0 Å². The molecule has 0 atom stereocenters. The molecular formula is C15H16N2. The molecule has 0 amide bonds. The zero-order valence-corrected chi connectivity index (χ0v) is 10.2. The third-order valence-corrected chi connectivity index (χ3v) is 2.75. The van der Waals surface area contributed by atoms with Gasteiger partial charge >= 0.3 is 0 Å². The van der Waals surface area contributed by atoms with Crippen molar-refractivity contribution in [3.63, 3.8) is 0 Å². The Hall–Kier alpha value is -1.85. The van der Waals surface area contributed by atoms with Crippen LogP contribution in [-0.4, -0.2) is 18.6 Å². The van der Waals surface area contributed by atoms with Gasteiger partial charge in [0.1, 0.15) is 0 Å². The molecule has 0 aliphatic heterocycles. The van der Waals surface area contributed by atoms with Gasteiger partial charge in [-0.05, 0) is 31.7 Å². The molecule has 1 heterocycles. The first-order valence-corrected chi connectivity index (χ1v) is 5.80. The molecule has 2 aromatic rings. The topological polar surface area (TPSA) is 24.9 Å². The molecule has 0 unspecified atom stereocenters. The van der Waals surface area contributed by atoms with Gasteiger partial charge < -0.3 is 5.32 Å². The SMILES string of the molecule is CNCCC#Cc1ccc2cccnc2c1C. The number of hydrogen-bond donors (Lipinski definition) is 1. The van der Waals surface area contributed by atoms with Gasteiger partial charge in [0, 0.05) is 30.1 Å². The minimum absolute atomic E-state index is 0.871. The van der Waals surface area contributed by atoms with E-state index in [0.29, 0.717) is 0 Å². The van der Waals surface area contributed by atoms with E-state index in [1.807, 2.05) is 19.3 Å². The maximum Gasteiger partial charge on any atom is 0.0743 e. The molecule has 0 saturated heterocycles. The molecule has 0 aliphatic rings. The van der Waals surface area contributed by atoms with E-state index in [1.54, 1.807) is 0 Å². The van der Waals surface area contributed by atoms with Crippen LogP contribution in [-0.2, 0) is 0 Å². The lowest BCUT2D eigenvalue weighted by molar-refractivity contribution is 0.818. The number of benzene rings is 1. The predicted molar refractivity (Wildman–Crippen MR) is 71.9 cm³/mol. The van der Waals surface area contributed by atoms with Gasteiger partial charge in [0.05, 0.1) is 5.52 Å². The molecule has 0 radical (unpaired) electrons. The molecule has 2 heteroatoms. The Morgan fingerprint density at radius 1 is 1.29 bits per heavy atom. The number of aryl methyl sites for hydroxylation is 1. The van der Waals surface area contributed by atoms with Crippen molar-refractivity contribution in [2.45, 2.75) is 13.3 Å². The summed E-state index contributed by atoms with van der Waals surface area (Å²) in [5, 5.41) is 4.26. The fourth-order valence-corrected chi connectivity index (χ4v) is 1.77. The van der Waals surface area contributed by atoms with Gasteiger partial charge in [-0.25, -0.2) is 0 Å². The number of rotatable bonds is 2. The summed E-state index contributed by atoms with van der Waals surface area (Å²) in [6, 6.07) is 8.19. The average Bonchev–Trinajstić information content (AvgIpc) is 2.37. The molecule has 1 aromatic carbocycles. The van der Waals surface area contributed by atoms with E-state index in [1.165, 1.54) is 10.9 Å². The largest absolute Gasteiger partial charge is 0.319 e. The quantitative estimate of drug-likeness (QED) is 0.626. The molecule has 0 spiro atoms. The van der Waals surface area contributed by atoms with Crippen LogP contribution >= 0.6 is 0 Å². The molecular weight excluding hydrogens is 208 g/mol. The molecule has 1 N–H and O–H groups in total. The Morgan fingerprint density at radius 2 is 2.18 bits per heavy atom. The van der Waals surface area contributed by atoms with Crippen molar-refractivity contribution >= 4 is 10.9 Å². The number of aromatic nitrogens is 1. The summed E-state index contributed by atoms with van der Waals surface area (Å²) < 4.78 is 0. The Morgan fingerprint density at radius 3 is 3.00 bits per heavy atom. The Bertz CT molecular complexity index is 576. The maximum atomic E-state index is 4.41. The highest BCUT2D eigenvalue weighted by Gasteiger charge is 2.01. The molecule has 0 aliphatic carbocycles. The van der Waals surface area contributed by atoms with Gasteiger partial charge in [0.2, 0.25) is 0 Å². The zero-order valence-electron chi connectivity index (χ0n) is 10.2. The van der Waals surface area contributed by atoms with Gasteiger partial charge in [-0.1, -0.05) is 24.0 Å². The highest BCUT2D eigenvalue weighted by Crippen LogP contribution is 2.18. The predicted octanol–water partition coefficient (Wildman–Crippen LogP) is 2.50. The number of fused-ring (bicyclic) bond motifs is 1. The minimum Gasteiger partial charge on any atom is -0.319 e. The van der Waals surface area contributed by atoms with Crippen molar-refractivity contribution in [3.05, 3.63) is 41.6 Å². The van der Waals surface area contributed by atoms with Crippen molar-refractivity contribution in [1.82, 2.24) is 10.3 Å². The zero-order chi connectivity index (χ0) is 12.1. The van der Waals surface area contributed by atoms with Crippen molar-refractivity contribution in [3.8, 4) is 11.8 Å². The van der Waals surface area contributed by atoms with Gasteiger partial charge in [-0.3, -0.25) is 4.98 Å². The highest BCUT2D eigenvalue weighted by molar-refractivity contribution is 5.83. The third-order valence-electron chi connectivity index (χ3n) is 2.75. The number of pyridine rings is 1. The monoisotopic (exact) mass is 224 g/mol. The molecule has 2 rings (SSSR count). The number of nitrogens with one attached hydrogen (secondary N) is 1. The lowest BCUT2D eigenvalue weighted by Gasteiger charge is -2.02. The van der Waals surface area contributed by atoms with E-state index in [4.69, 9.17) is 0 Å². The van der Waals surface area contributed by atoms with E-state index in [2.05, 4.69) is 47.3 Å². The molecule has 0 fully saturated rings. The lowest BCUT2D eigenvalue weighted by Crippen LogP contribution is -2.05. The Kier molecular flexibility index (Phi) is 3.74. The molecule has 0 saturated carbocycles. The Labute approximate surface area is 102 Å². The van der Waals surface area contributed by atoms with Crippen LogP contribution in [0.5, 0.6) is 0 Å². The van der Waals surface area contributed by atoms with E-state index in [-0.39, 0.29) is 0 Å². The van der Waals surface area contributed by atoms with Crippen molar-refractivity contribution in [1.29, 1.82) is 0 Å². The summed E-state index contributed by atoms with van der Waals surface area (Å²) in [7, 11) is 1.94. The first-order valence-electron chi connectivity index (χ1n) is 5.80. The second-order valence-electron chi connectivity index (χ2n) is 3.97. The first kappa shape index (κ1) is 11.6. The normalized spacial score (nSPS) is 10.0. The third kappa shape index (κ3) is 2.64. The Balaban J connectivity index is 2.35. The minimum atomic E-state index is 0.871. The summed E-state index contributed by atoms with van der Waals surface area (Å²) >= 11 is 0. The molecule has 86 valence electrons. The van der Waals surface area contributed by atoms with Gasteiger partial charge in [-0.2, -0.15) is 0 Å². The fourth-order valence-electron chi connectivity index (χ4n) is 1.77. The number of hydrogen-bond acceptors (Lipinski definition) is 2. The number of nitrogens with zero attached hydrogens (tertiary/aromatic N) is 1. The maximum absolute atomic E-state index is 4.41. The summed E-state index contributed by atoms with van der Waals surface area (Å²) in [5.74, 6) is 6.38. The van der Waals surface area contributed by atoms with E-state index >= 15 is 0 Å². The van der Waals surface area contributed by atoms with Crippen molar-refractivity contribution in [2.24, 2.45) is 0 Å². The van der Waals surface area contributed by atoms with Crippen LogP contribution in [0.15, 0.2) is 30.5 Å². The molecule has 0 bridgehead atoms. The van der Waals surface area contributed by atoms with Gasteiger partial charge in [0.15, 0.2) is 0 Å².